The first-order chi connectivity index (χ1) is 8.27. The highest BCUT2D eigenvalue weighted by Crippen LogP contribution is 2.24. The van der Waals surface area contributed by atoms with Crippen molar-refractivity contribution in [3.8, 4) is 5.75 Å². The van der Waals surface area contributed by atoms with Crippen LogP contribution in [0.25, 0.3) is 0 Å². The van der Waals surface area contributed by atoms with E-state index >= 15 is 0 Å². The summed E-state index contributed by atoms with van der Waals surface area (Å²) in [5.41, 5.74) is 3.53. The van der Waals surface area contributed by atoms with Crippen LogP contribution in [0.3, 0.4) is 0 Å². The summed E-state index contributed by atoms with van der Waals surface area (Å²) in [6.07, 6.45) is 1.88. The zero-order valence-corrected chi connectivity index (χ0v) is 12.7. The van der Waals surface area contributed by atoms with Crippen molar-refractivity contribution in [1.82, 2.24) is 10.3 Å². The van der Waals surface area contributed by atoms with Crippen molar-refractivity contribution in [2.75, 3.05) is 7.11 Å². The van der Waals surface area contributed by atoms with Crippen LogP contribution in [0.5, 0.6) is 5.75 Å². The van der Waals surface area contributed by atoms with Crippen LogP contribution < -0.4 is 10.1 Å². The van der Waals surface area contributed by atoms with Crippen LogP contribution in [0.4, 0.5) is 0 Å². The highest BCUT2D eigenvalue weighted by atomic mass is 16.5. The molecule has 1 aromatic heterocycles. The van der Waals surface area contributed by atoms with Gasteiger partial charge in [-0.3, -0.25) is 4.98 Å². The average Bonchev–Trinajstić information content (AvgIpc) is 2.27. The van der Waals surface area contributed by atoms with Gasteiger partial charge < -0.3 is 10.1 Å². The SMILES string of the molecule is COc1c(C)cnc(CNC(C)C(C)(C)C)c1C. The van der Waals surface area contributed by atoms with Gasteiger partial charge in [0.2, 0.25) is 0 Å². The van der Waals surface area contributed by atoms with Gasteiger partial charge in [-0.2, -0.15) is 0 Å². The van der Waals surface area contributed by atoms with E-state index in [4.69, 9.17) is 4.74 Å². The van der Waals surface area contributed by atoms with E-state index in [2.05, 4.69) is 44.9 Å². The average molecular weight is 250 g/mol. The standard InChI is InChI=1S/C15H26N2O/c1-10-8-17-13(11(2)14(10)18-7)9-16-12(3)15(4,5)6/h8,12,16H,9H2,1-7H3. The largest absolute Gasteiger partial charge is 0.496 e. The van der Waals surface area contributed by atoms with Crippen LogP contribution in [0.15, 0.2) is 6.20 Å². The predicted molar refractivity (Wildman–Crippen MR) is 76.0 cm³/mol. The van der Waals surface area contributed by atoms with Crippen molar-refractivity contribution < 1.29 is 4.74 Å². The third kappa shape index (κ3) is 3.45. The van der Waals surface area contributed by atoms with Crippen LogP contribution in [0.1, 0.15) is 44.5 Å². The molecule has 1 atom stereocenters. The Morgan fingerprint density at radius 3 is 2.44 bits per heavy atom. The minimum atomic E-state index is 0.253. The van der Waals surface area contributed by atoms with E-state index in [1.54, 1.807) is 7.11 Å². The Labute approximate surface area is 111 Å². The molecule has 1 unspecified atom stereocenters. The molecule has 0 bridgehead atoms. The van der Waals surface area contributed by atoms with E-state index in [0.29, 0.717) is 6.04 Å². The molecule has 1 aromatic rings. The normalized spacial score (nSPS) is 13.5. The summed E-state index contributed by atoms with van der Waals surface area (Å²) >= 11 is 0. The molecule has 1 rings (SSSR count). The summed E-state index contributed by atoms with van der Waals surface area (Å²) in [6, 6.07) is 0.436. The van der Waals surface area contributed by atoms with Crippen molar-refractivity contribution >= 4 is 0 Å². The Bertz CT molecular complexity index is 408. The van der Waals surface area contributed by atoms with Gasteiger partial charge in [0.25, 0.3) is 0 Å². The number of pyridine rings is 1. The van der Waals surface area contributed by atoms with Crippen molar-refractivity contribution in [2.24, 2.45) is 5.41 Å². The first-order valence-electron chi connectivity index (χ1n) is 6.49. The molecule has 0 aliphatic rings. The maximum atomic E-state index is 5.42. The molecular formula is C15H26N2O. The fourth-order valence-corrected chi connectivity index (χ4v) is 1.81. The molecule has 102 valence electrons. The zero-order chi connectivity index (χ0) is 13.9. The van der Waals surface area contributed by atoms with Crippen molar-refractivity contribution in [2.45, 2.75) is 54.1 Å². The van der Waals surface area contributed by atoms with E-state index < -0.39 is 0 Å². The van der Waals surface area contributed by atoms with Gasteiger partial charge in [-0.1, -0.05) is 20.8 Å². The summed E-state index contributed by atoms with van der Waals surface area (Å²) in [5.74, 6) is 0.949. The monoisotopic (exact) mass is 250 g/mol. The molecular weight excluding hydrogens is 224 g/mol. The van der Waals surface area contributed by atoms with Crippen molar-refractivity contribution in [1.29, 1.82) is 0 Å². The van der Waals surface area contributed by atoms with Crippen LogP contribution in [-0.4, -0.2) is 18.1 Å². The van der Waals surface area contributed by atoms with Crippen molar-refractivity contribution in [3.05, 3.63) is 23.0 Å². The Morgan fingerprint density at radius 1 is 1.33 bits per heavy atom. The molecule has 1 heterocycles. The van der Waals surface area contributed by atoms with Gasteiger partial charge in [0.1, 0.15) is 5.75 Å². The maximum absolute atomic E-state index is 5.42. The molecule has 18 heavy (non-hydrogen) atoms. The summed E-state index contributed by atoms with van der Waals surface area (Å²) in [6.45, 7) is 13.8. The molecule has 0 fully saturated rings. The lowest BCUT2D eigenvalue weighted by molar-refractivity contribution is 0.284. The molecule has 0 spiro atoms. The van der Waals surface area contributed by atoms with Gasteiger partial charge in [0.15, 0.2) is 0 Å². The Kier molecular flexibility index (Phi) is 4.74. The van der Waals surface area contributed by atoms with Crippen LogP contribution in [0, 0.1) is 19.3 Å². The quantitative estimate of drug-likeness (QED) is 0.891. The second-order valence-corrected chi connectivity index (χ2v) is 6.01. The van der Waals surface area contributed by atoms with E-state index in [9.17, 15) is 0 Å². The van der Waals surface area contributed by atoms with Gasteiger partial charge in [0.05, 0.1) is 12.8 Å². The molecule has 0 saturated carbocycles. The lowest BCUT2D eigenvalue weighted by atomic mass is 9.88. The summed E-state index contributed by atoms with van der Waals surface area (Å²) < 4.78 is 5.42. The molecule has 0 aliphatic heterocycles. The zero-order valence-electron chi connectivity index (χ0n) is 12.7. The van der Waals surface area contributed by atoms with Crippen LogP contribution in [-0.2, 0) is 6.54 Å². The lowest BCUT2D eigenvalue weighted by Gasteiger charge is -2.28. The van der Waals surface area contributed by atoms with Crippen molar-refractivity contribution in [3.63, 3.8) is 0 Å². The molecule has 3 heteroatoms. The minimum Gasteiger partial charge on any atom is -0.496 e. The molecule has 0 amide bonds. The maximum Gasteiger partial charge on any atom is 0.128 e. The van der Waals surface area contributed by atoms with E-state index in [1.165, 1.54) is 0 Å². The highest BCUT2D eigenvalue weighted by Gasteiger charge is 2.20. The summed E-state index contributed by atoms with van der Waals surface area (Å²) in [4.78, 5) is 4.50. The number of ether oxygens (including phenoxy) is 1. The summed E-state index contributed by atoms with van der Waals surface area (Å²) in [5, 5.41) is 3.53. The van der Waals surface area contributed by atoms with Gasteiger partial charge in [-0.15, -0.1) is 0 Å². The molecule has 3 nitrogen and oxygen atoms in total. The van der Waals surface area contributed by atoms with E-state index in [-0.39, 0.29) is 5.41 Å². The number of hydrogen-bond acceptors (Lipinski definition) is 3. The number of aromatic nitrogens is 1. The number of nitrogens with zero attached hydrogens (tertiary/aromatic N) is 1. The predicted octanol–water partition coefficient (Wildman–Crippen LogP) is 3.23. The van der Waals surface area contributed by atoms with E-state index in [1.807, 2.05) is 13.1 Å². The van der Waals surface area contributed by atoms with Gasteiger partial charge in [-0.25, -0.2) is 0 Å². The molecule has 1 N–H and O–H groups in total. The fraction of sp³-hybridized carbons (Fsp3) is 0.667. The number of aryl methyl sites for hydroxylation is 1. The number of methoxy groups -OCH3 is 1. The lowest BCUT2D eigenvalue weighted by Crippen LogP contribution is -2.37. The Morgan fingerprint density at radius 2 is 1.94 bits per heavy atom. The molecule has 0 aliphatic carbocycles. The molecule has 0 saturated heterocycles. The van der Waals surface area contributed by atoms with Crippen LogP contribution >= 0.6 is 0 Å². The second kappa shape index (κ2) is 5.70. The molecule has 0 aromatic carbocycles. The van der Waals surface area contributed by atoms with E-state index in [0.717, 1.165) is 29.1 Å². The first kappa shape index (κ1) is 15.0. The molecule has 0 radical (unpaired) electrons. The Hall–Kier alpha value is -1.09. The summed E-state index contributed by atoms with van der Waals surface area (Å²) in [7, 11) is 1.71. The highest BCUT2D eigenvalue weighted by molar-refractivity contribution is 5.40. The number of hydrogen-bond donors (Lipinski definition) is 1. The third-order valence-corrected chi connectivity index (χ3v) is 3.62. The van der Waals surface area contributed by atoms with Gasteiger partial charge in [-0.05, 0) is 26.2 Å². The topological polar surface area (TPSA) is 34.1 Å². The van der Waals surface area contributed by atoms with Crippen LogP contribution in [0.2, 0.25) is 0 Å². The van der Waals surface area contributed by atoms with Gasteiger partial charge in [0, 0.05) is 29.9 Å². The smallest absolute Gasteiger partial charge is 0.128 e. The van der Waals surface area contributed by atoms with Gasteiger partial charge >= 0.3 is 0 Å². The fourth-order valence-electron chi connectivity index (χ4n) is 1.81. The number of rotatable bonds is 4. The third-order valence-electron chi connectivity index (χ3n) is 3.62. The first-order valence-corrected chi connectivity index (χ1v) is 6.49. The second-order valence-electron chi connectivity index (χ2n) is 6.01. The minimum absolute atomic E-state index is 0.253. The Balaban J connectivity index is 2.81. The number of nitrogens with one attached hydrogen (secondary N) is 1.